The number of carbonyl (C=O) groups is 2. The van der Waals surface area contributed by atoms with Gasteiger partial charge in [0.25, 0.3) is 0 Å². The first kappa shape index (κ1) is 16.1. The van der Waals surface area contributed by atoms with Crippen LogP contribution in [0, 0.1) is 0 Å². The molecule has 0 saturated carbocycles. The average Bonchev–Trinajstić information content (AvgIpc) is 2.87. The minimum absolute atomic E-state index is 0.0486. The summed E-state index contributed by atoms with van der Waals surface area (Å²) in [5.41, 5.74) is 1.07. The van der Waals surface area contributed by atoms with Gasteiger partial charge in [0.1, 0.15) is 6.04 Å². The Morgan fingerprint density at radius 3 is 2.81 bits per heavy atom. The highest BCUT2D eigenvalue weighted by molar-refractivity contribution is 6.35. The maximum absolute atomic E-state index is 11.8. The van der Waals surface area contributed by atoms with Gasteiger partial charge in [0.2, 0.25) is 11.8 Å². The molecule has 1 fully saturated rings. The monoisotopic (exact) mass is 328 g/mol. The summed E-state index contributed by atoms with van der Waals surface area (Å²) < 4.78 is 0. The molecule has 2 N–H and O–H groups in total. The molecular formula is C15H18Cl2N2O2. The molecule has 4 nitrogen and oxygen atoms in total. The minimum atomic E-state index is -0.358. The number of unbranched alkanes of at least 4 members (excludes halogenated alkanes) is 1. The number of aryl methyl sites for hydroxylation is 1. The zero-order valence-electron chi connectivity index (χ0n) is 11.6. The van der Waals surface area contributed by atoms with Crippen LogP contribution in [0.15, 0.2) is 18.2 Å². The third-order valence-corrected chi connectivity index (χ3v) is 4.09. The van der Waals surface area contributed by atoms with E-state index in [1.54, 1.807) is 6.07 Å². The Balaban J connectivity index is 1.63. The number of hydrogen-bond acceptors (Lipinski definition) is 2. The lowest BCUT2D eigenvalue weighted by Gasteiger charge is -2.11. The molecule has 0 radical (unpaired) electrons. The highest BCUT2D eigenvalue weighted by Gasteiger charge is 2.26. The van der Waals surface area contributed by atoms with E-state index in [0.717, 1.165) is 24.8 Å². The summed E-state index contributed by atoms with van der Waals surface area (Å²) in [4.78, 5) is 22.8. The van der Waals surface area contributed by atoms with E-state index in [9.17, 15) is 9.59 Å². The van der Waals surface area contributed by atoms with E-state index in [2.05, 4.69) is 10.6 Å². The third kappa shape index (κ3) is 4.90. The topological polar surface area (TPSA) is 58.2 Å². The molecule has 1 aromatic carbocycles. The summed E-state index contributed by atoms with van der Waals surface area (Å²) >= 11 is 11.9. The van der Waals surface area contributed by atoms with E-state index in [-0.39, 0.29) is 17.9 Å². The second-order valence-electron chi connectivity index (χ2n) is 5.14. The summed E-state index contributed by atoms with van der Waals surface area (Å²) in [6, 6.07) is 5.14. The van der Waals surface area contributed by atoms with E-state index in [0.29, 0.717) is 29.4 Å². The van der Waals surface area contributed by atoms with E-state index in [4.69, 9.17) is 23.2 Å². The fraction of sp³-hybridized carbons (Fsp3) is 0.467. The number of amides is 2. The molecule has 6 heteroatoms. The van der Waals surface area contributed by atoms with Crippen LogP contribution in [0.3, 0.4) is 0 Å². The second-order valence-corrected chi connectivity index (χ2v) is 5.99. The molecule has 0 aromatic heterocycles. The van der Waals surface area contributed by atoms with Crippen molar-refractivity contribution in [3.8, 4) is 0 Å². The molecule has 0 spiro atoms. The lowest BCUT2D eigenvalue weighted by atomic mass is 10.1. The van der Waals surface area contributed by atoms with Gasteiger partial charge in [-0.2, -0.15) is 0 Å². The molecule has 1 saturated heterocycles. The number of halogens is 2. The molecule has 1 heterocycles. The predicted octanol–water partition coefficient (Wildman–Crippen LogP) is 2.71. The highest BCUT2D eigenvalue weighted by atomic mass is 35.5. The number of carbonyl (C=O) groups excluding carboxylic acids is 2. The maximum atomic E-state index is 11.8. The first-order valence-corrected chi connectivity index (χ1v) is 7.83. The Labute approximate surface area is 134 Å². The summed E-state index contributed by atoms with van der Waals surface area (Å²) in [5.74, 6) is -0.141. The molecule has 1 aliphatic heterocycles. The van der Waals surface area contributed by atoms with Gasteiger partial charge in [-0.3, -0.25) is 9.59 Å². The van der Waals surface area contributed by atoms with Gasteiger partial charge in [-0.25, -0.2) is 0 Å². The van der Waals surface area contributed by atoms with Crippen molar-refractivity contribution in [2.24, 2.45) is 0 Å². The fourth-order valence-electron chi connectivity index (χ4n) is 2.31. The second kappa shape index (κ2) is 7.66. The number of rotatable bonds is 6. The van der Waals surface area contributed by atoms with Crippen LogP contribution in [0.1, 0.15) is 31.2 Å². The van der Waals surface area contributed by atoms with Gasteiger partial charge in [-0.05, 0) is 43.4 Å². The van der Waals surface area contributed by atoms with Crippen LogP contribution in [0.2, 0.25) is 10.0 Å². The Kier molecular flexibility index (Phi) is 5.88. The van der Waals surface area contributed by atoms with Crippen LogP contribution in [-0.4, -0.2) is 24.4 Å². The first-order valence-electron chi connectivity index (χ1n) is 7.07. The summed E-state index contributed by atoms with van der Waals surface area (Å²) in [6.07, 6.45) is 3.67. The summed E-state index contributed by atoms with van der Waals surface area (Å²) in [6.45, 7) is 0.608. The standard InChI is InChI=1S/C15H18Cl2N2O2/c16-11-5-4-10(12(17)9-11)3-1-2-8-18-15(21)13-6-7-14(20)19-13/h4-5,9,13H,1-3,6-8H2,(H,18,21)(H,19,20)/t13-/m1/s1. The number of hydrogen-bond donors (Lipinski definition) is 2. The van der Waals surface area contributed by atoms with Crippen molar-refractivity contribution in [3.63, 3.8) is 0 Å². The Morgan fingerprint density at radius 1 is 1.33 bits per heavy atom. The highest BCUT2D eigenvalue weighted by Crippen LogP contribution is 2.22. The van der Waals surface area contributed by atoms with Crippen molar-refractivity contribution in [1.82, 2.24) is 10.6 Å². The molecule has 1 atom stereocenters. The Bertz CT molecular complexity index is 534. The van der Waals surface area contributed by atoms with Crippen molar-refractivity contribution >= 4 is 35.0 Å². The van der Waals surface area contributed by atoms with Crippen LogP contribution in [0.25, 0.3) is 0 Å². The molecule has 2 rings (SSSR count). The largest absolute Gasteiger partial charge is 0.354 e. The van der Waals surface area contributed by atoms with Gasteiger partial charge in [-0.1, -0.05) is 29.3 Å². The zero-order valence-corrected chi connectivity index (χ0v) is 13.1. The maximum Gasteiger partial charge on any atom is 0.242 e. The van der Waals surface area contributed by atoms with Gasteiger partial charge in [0.15, 0.2) is 0 Å². The smallest absolute Gasteiger partial charge is 0.242 e. The van der Waals surface area contributed by atoms with Crippen molar-refractivity contribution in [1.29, 1.82) is 0 Å². The van der Waals surface area contributed by atoms with Crippen molar-refractivity contribution < 1.29 is 9.59 Å². The Hall–Kier alpha value is -1.26. The summed E-state index contributed by atoms with van der Waals surface area (Å²) in [5, 5.41) is 6.81. The first-order chi connectivity index (χ1) is 10.1. The quantitative estimate of drug-likeness (QED) is 0.789. The minimum Gasteiger partial charge on any atom is -0.354 e. The van der Waals surface area contributed by atoms with Gasteiger partial charge in [0, 0.05) is 23.0 Å². The lowest BCUT2D eigenvalue weighted by Crippen LogP contribution is -2.41. The van der Waals surface area contributed by atoms with E-state index < -0.39 is 0 Å². The van der Waals surface area contributed by atoms with Gasteiger partial charge in [0.05, 0.1) is 0 Å². The van der Waals surface area contributed by atoms with Gasteiger partial charge >= 0.3 is 0 Å². The molecule has 21 heavy (non-hydrogen) atoms. The molecule has 1 aliphatic rings. The van der Waals surface area contributed by atoms with Crippen LogP contribution in [0.5, 0.6) is 0 Å². The van der Waals surface area contributed by atoms with Crippen LogP contribution >= 0.6 is 23.2 Å². The summed E-state index contributed by atoms with van der Waals surface area (Å²) in [7, 11) is 0. The third-order valence-electron chi connectivity index (χ3n) is 3.50. The van der Waals surface area contributed by atoms with Gasteiger partial charge < -0.3 is 10.6 Å². The van der Waals surface area contributed by atoms with Crippen LogP contribution in [-0.2, 0) is 16.0 Å². The van der Waals surface area contributed by atoms with E-state index in [1.807, 2.05) is 12.1 Å². The van der Waals surface area contributed by atoms with E-state index in [1.165, 1.54) is 0 Å². The lowest BCUT2D eigenvalue weighted by molar-refractivity contribution is -0.125. The number of nitrogens with one attached hydrogen (secondary N) is 2. The normalized spacial score (nSPS) is 17.6. The van der Waals surface area contributed by atoms with Gasteiger partial charge in [-0.15, -0.1) is 0 Å². The molecular weight excluding hydrogens is 311 g/mol. The zero-order chi connectivity index (χ0) is 15.2. The van der Waals surface area contributed by atoms with E-state index >= 15 is 0 Å². The van der Waals surface area contributed by atoms with Crippen molar-refractivity contribution in [2.45, 2.75) is 38.1 Å². The number of benzene rings is 1. The SMILES string of the molecule is O=C1CC[C@H](C(=O)NCCCCc2ccc(Cl)cc2Cl)N1. The Morgan fingerprint density at radius 2 is 2.14 bits per heavy atom. The van der Waals surface area contributed by atoms with Crippen LogP contribution < -0.4 is 10.6 Å². The molecule has 2 amide bonds. The average molecular weight is 329 g/mol. The van der Waals surface area contributed by atoms with Crippen molar-refractivity contribution in [2.75, 3.05) is 6.54 Å². The van der Waals surface area contributed by atoms with Crippen molar-refractivity contribution in [3.05, 3.63) is 33.8 Å². The molecule has 1 aromatic rings. The molecule has 114 valence electrons. The van der Waals surface area contributed by atoms with Crippen LogP contribution in [0.4, 0.5) is 0 Å². The predicted molar refractivity (Wildman–Crippen MR) is 83.6 cm³/mol. The molecule has 0 bridgehead atoms. The fourth-order valence-corrected chi connectivity index (χ4v) is 2.81. The molecule has 0 aliphatic carbocycles. The molecule has 0 unspecified atom stereocenters.